The van der Waals surface area contributed by atoms with Crippen LogP contribution in [0.1, 0.15) is 6.42 Å². The zero-order chi connectivity index (χ0) is 15.4. The number of methoxy groups -OCH3 is 1. The van der Waals surface area contributed by atoms with Crippen molar-refractivity contribution in [2.45, 2.75) is 24.7 Å². The molecule has 1 aliphatic carbocycles. The lowest BCUT2D eigenvalue weighted by Crippen LogP contribution is -2.59. The molecule has 1 saturated carbocycles. The summed E-state index contributed by atoms with van der Waals surface area (Å²) in [6, 6.07) is 3.33. The average molecular weight is 300 g/mol. The number of hydrogen-bond acceptors (Lipinski definition) is 6. The van der Waals surface area contributed by atoms with E-state index in [2.05, 4.69) is 0 Å². The lowest BCUT2D eigenvalue weighted by Gasteiger charge is -2.41. The normalized spacial score (nSPS) is 24.4. The highest BCUT2D eigenvalue weighted by molar-refractivity contribution is 5.47. The fraction of sp³-hybridized carbons (Fsp3) is 0.538. The van der Waals surface area contributed by atoms with E-state index in [4.69, 9.17) is 19.9 Å². The second-order valence-corrected chi connectivity index (χ2v) is 4.73. The van der Waals surface area contributed by atoms with Crippen molar-refractivity contribution in [3.05, 3.63) is 34.1 Å². The number of halogens is 1. The summed E-state index contributed by atoms with van der Waals surface area (Å²) in [5.41, 5.74) is 5.40. The summed E-state index contributed by atoms with van der Waals surface area (Å²) < 4.78 is 29.5. The highest BCUT2D eigenvalue weighted by Gasteiger charge is 2.43. The van der Waals surface area contributed by atoms with Crippen LogP contribution in [0.2, 0.25) is 0 Å². The second-order valence-electron chi connectivity index (χ2n) is 4.73. The Labute approximate surface area is 120 Å². The van der Waals surface area contributed by atoms with Gasteiger partial charge in [-0.3, -0.25) is 10.1 Å². The van der Waals surface area contributed by atoms with Gasteiger partial charge in [0.25, 0.3) is 0 Å². The van der Waals surface area contributed by atoms with E-state index in [1.807, 2.05) is 0 Å². The molecule has 1 aliphatic rings. The number of hydrogen-bond donors (Lipinski definition) is 1. The van der Waals surface area contributed by atoms with Crippen LogP contribution in [0, 0.1) is 15.9 Å². The molecule has 0 amide bonds. The zero-order valence-corrected chi connectivity index (χ0v) is 11.5. The van der Waals surface area contributed by atoms with Gasteiger partial charge in [-0.1, -0.05) is 6.07 Å². The summed E-state index contributed by atoms with van der Waals surface area (Å²) in [5.74, 6) is -1.15. The maximum Gasteiger partial charge on any atom is 0.314 e. The Bertz CT molecular complexity index is 513. The monoisotopic (exact) mass is 300 g/mol. The first-order valence-electron chi connectivity index (χ1n) is 6.50. The molecule has 1 fully saturated rings. The van der Waals surface area contributed by atoms with Crippen molar-refractivity contribution in [1.82, 2.24) is 0 Å². The Morgan fingerprint density at radius 2 is 2.24 bits per heavy atom. The fourth-order valence-electron chi connectivity index (χ4n) is 2.14. The third-order valence-corrected chi connectivity index (χ3v) is 3.30. The minimum absolute atomic E-state index is 0.238. The molecule has 8 heteroatoms. The van der Waals surface area contributed by atoms with Crippen LogP contribution in [0.4, 0.5) is 10.1 Å². The largest absolute Gasteiger partial charge is 0.479 e. The van der Waals surface area contributed by atoms with Crippen molar-refractivity contribution in [1.29, 1.82) is 0 Å². The average Bonchev–Trinajstić information content (AvgIpc) is 2.44. The summed E-state index contributed by atoms with van der Waals surface area (Å²) in [7, 11) is 1.54. The number of nitro groups is 1. The molecule has 0 aliphatic heterocycles. The molecule has 0 heterocycles. The molecule has 0 spiro atoms. The van der Waals surface area contributed by atoms with Gasteiger partial charge in [-0.25, -0.2) is 4.39 Å². The van der Waals surface area contributed by atoms with Crippen molar-refractivity contribution in [2.24, 2.45) is 5.73 Å². The van der Waals surface area contributed by atoms with Crippen molar-refractivity contribution < 1.29 is 23.5 Å². The van der Waals surface area contributed by atoms with Gasteiger partial charge in [0, 0.05) is 25.6 Å². The Hall–Kier alpha value is -1.77. The Morgan fingerprint density at radius 3 is 2.86 bits per heavy atom. The molecule has 116 valence electrons. The highest BCUT2D eigenvalue weighted by Crippen LogP contribution is 2.35. The minimum Gasteiger partial charge on any atom is -0.479 e. The van der Waals surface area contributed by atoms with Crippen molar-refractivity contribution in [3.8, 4) is 5.75 Å². The van der Waals surface area contributed by atoms with Crippen LogP contribution in [0.3, 0.4) is 0 Å². The van der Waals surface area contributed by atoms with Gasteiger partial charge in [-0.2, -0.15) is 0 Å². The van der Waals surface area contributed by atoms with Gasteiger partial charge in [-0.05, 0) is 6.07 Å². The van der Waals surface area contributed by atoms with Crippen LogP contribution in [0.25, 0.3) is 0 Å². The van der Waals surface area contributed by atoms with Crippen LogP contribution in [-0.4, -0.2) is 43.5 Å². The summed E-state index contributed by atoms with van der Waals surface area (Å²) in [6.45, 7) is 0.726. The molecule has 0 saturated heterocycles. The minimum atomic E-state index is -0.777. The zero-order valence-electron chi connectivity index (χ0n) is 11.5. The molecule has 0 bridgehead atoms. The maximum atomic E-state index is 13.7. The quantitative estimate of drug-likeness (QED) is 0.462. The van der Waals surface area contributed by atoms with Gasteiger partial charge in [0.1, 0.15) is 12.2 Å². The van der Waals surface area contributed by atoms with E-state index in [1.54, 1.807) is 7.11 Å². The standard InChI is InChI=1S/C13H17FN2O5/c1-19-5-6-20-13-9(15)7-11(13)21-12-8(14)3-2-4-10(12)16(17)18/h2-4,9,11,13H,5-7,15H2,1H3. The van der Waals surface area contributed by atoms with Gasteiger partial charge in [0.05, 0.1) is 18.1 Å². The van der Waals surface area contributed by atoms with E-state index in [-0.39, 0.29) is 11.8 Å². The Balaban J connectivity index is 2.06. The van der Waals surface area contributed by atoms with Crippen LogP contribution < -0.4 is 10.5 Å². The molecule has 1 aromatic carbocycles. The first kappa shape index (κ1) is 15.6. The topological polar surface area (TPSA) is 96.9 Å². The molecule has 3 atom stereocenters. The van der Waals surface area contributed by atoms with Crippen LogP contribution in [0.15, 0.2) is 18.2 Å². The predicted octanol–water partition coefficient (Wildman–Crippen LogP) is 1.24. The van der Waals surface area contributed by atoms with E-state index >= 15 is 0 Å². The van der Waals surface area contributed by atoms with E-state index < -0.39 is 28.6 Å². The van der Waals surface area contributed by atoms with Crippen molar-refractivity contribution >= 4 is 5.69 Å². The third-order valence-electron chi connectivity index (χ3n) is 3.30. The van der Waals surface area contributed by atoms with E-state index in [0.717, 1.165) is 6.07 Å². The molecule has 2 N–H and O–H groups in total. The molecular formula is C13H17FN2O5. The van der Waals surface area contributed by atoms with Crippen LogP contribution >= 0.6 is 0 Å². The fourth-order valence-corrected chi connectivity index (χ4v) is 2.14. The lowest BCUT2D eigenvalue weighted by molar-refractivity contribution is -0.386. The molecule has 0 aromatic heterocycles. The van der Waals surface area contributed by atoms with E-state index in [1.165, 1.54) is 12.1 Å². The molecule has 2 rings (SSSR count). The predicted molar refractivity (Wildman–Crippen MR) is 71.7 cm³/mol. The van der Waals surface area contributed by atoms with E-state index in [0.29, 0.717) is 19.6 Å². The van der Waals surface area contributed by atoms with Gasteiger partial charge >= 0.3 is 5.69 Å². The van der Waals surface area contributed by atoms with Crippen LogP contribution in [0.5, 0.6) is 5.75 Å². The Kier molecular flexibility index (Phi) is 5.05. The first-order chi connectivity index (χ1) is 10.0. The number of ether oxygens (including phenoxy) is 3. The van der Waals surface area contributed by atoms with Gasteiger partial charge in [0.15, 0.2) is 5.82 Å². The Morgan fingerprint density at radius 1 is 1.48 bits per heavy atom. The number of benzene rings is 1. The SMILES string of the molecule is COCCOC1C(N)CC1Oc1c(F)cccc1[N+](=O)[O-]. The molecule has 21 heavy (non-hydrogen) atoms. The van der Waals surface area contributed by atoms with Gasteiger partial charge in [0.2, 0.25) is 5.75 Å². The number of nitrogens with zero attached hydrogens (tertiary/aromatic N) is 1. The van der Waals surface area contributed by atoms with E-state index in [9.17, 15) is 14.5 Å². The molecule has 1 aromatic rings. The number of para-hydroxylation sites is 1. The third kappa shape index (κ3) is 3.46. The molecule has 0 radical (unpaired) electrons. The summed E-state index contributed by atoms with van der Waals surface area (Å²) in [6.07, 6.45) is -0.491. The maximum absolute atomic E-state index is 13.7. The van der Waals surface area contributed by atoms with Crippen LogP contribution in [-0.2, 0) is 9.47 Å². The van der Waals surface area contributed by atoms with Gasteiger partial charge < -0.3 is 19.9 Å². The highest BCUT2D eigenvalue weighted by atomic mass is 19.1. The number of nitro benzene ring substituents is 1. The molecule has 3 unspecified atom stereocenters. The van der Waals surface area contributed by atoms with Crippen molar-refractivity contribution in [2.75, 3.05) is 20.3 Å². The molecular weight excluding hydrogens is 283 g/mol. The lowest BCUT2D eigenvalue weighted by atomic mass is 9.86. The summed E-state index contributed by atoms with van der Waals surface area (Å²) in [4.78, 5) is 10.2. The van der Waals surface area contributed by atoms with Crippen molar-refractivity contribution in [3.63, 3.8) is 0 Å². The first-order valence-corrected chi connectivity index (χ1v) is 6.50. The summed E-state index contributed by atoms with van der Waals surface area (Å²) >= 11 is 0. The van der Waals surface area contributed by atoms with Gasteiger partial charge in [-0.15, -0.1) is 0 Å². The number of nitrogens with two attached hydrogens (primary N) is 1. The number of rotatable bonds is 7. The second kappa shape index (κ2) is 6.79. The smallest absolute Gasteiger partial charge is 0.314 e. The molecule has 7 nitrogen and oxygen atoms in total. The summed E-state index contributed by atoms with van der Waals surface area (Å²) in [5, 5.41) is 10.9.